The van der Waals surface area contributed by atoms with Crippen molar-refractivity contribution in [1.82, 2.24) is 0 Å². The molecule has 0 bridgehead atoms. The van der Waals surface area contributed by atoms with E-state index < -0.39 is 5.97 Å². The van der Waals surface area contributed by atoms with Gasteiger partial charge in [0.15, 0.2) is 0 Å². The van der Waals surface area contributed by atoms with Crippen LogP contribution in [0.4, 0.5) is 5.00 Å². The van der Waals surface area contributed by atoms with E-state index in [0.717, 1.165) is 42.5 Å². The van der Waals surface area contributed by atoms with Crippen LogP contribution in [0, 0.1) is 0 Å². The van der Waals surface area contributed by atoms with Crippen LogP contribution >= 0.6 is 11.3 Å². The molecule has 0 aliphatic heterocycles. The Hall–Kier alpha value is -2.14. The number of hydrogen-bond acceptors (Lipinski definition) is 3. The van der Waals surface area contributed by atoms with E-state index in [-0.39, 0.29) is 11.5 Å². The monoisotopic (exact) mass is 345 g/mol. The molecule has 24 heavy (non-hydrogen) atoms. The summed E-state index contributed by atoms with van der Waals surface area (Å²) in [6.07, 6.45) is 4.91. The molecule has 0 atom stereocenters. The third-order valence-electron chi connectivity index (χ3n) is 3.90. The van der Waals surface area contributed by atoms with Crippen molar-refractivity contribution in [2.45, 2.75) is 46.0 Å². The summed E-state index contributed by atoms with van der Waals surface area (Å²) < 4.78 is 0. The summed E-state index contributed by atoms with van der Waals surface area (Å²) in [5.74, 6) is -1.22. The molecule has 1 aliphatic carbocycles. The van der Waals surface area contributed by atoms with E-state index in [2.05, 4.69) is 5.32 Å². The molecule has 1 aliphatic rings. The van der Waals surface area contributed by atoms with Gasteiger partial charge in [0.25, 0.3) is 5.91 Å². The Bertz CT molecular complexity index is 707. The van der Waals surface area contributed by atoms with Crippen molar-refractivity contribution in [3.63, 3.8) is 0 Å². The highest BCUT2D eigenvalue weighted by Crippen LogP contribution is 2.37. The first kappa shape index (κ1) is 18.2. The van der Waals surface area contributed by atoms with Gasteiger partial charge in [-0.05, 0) is 43.4 Å². The van der Waals surface area contributed by atoms with E-state index in [9.17, 15) is 14.7 Å². The van der Waals surface area contributed by atoms with Gasteiger partial charge in [-0.15, -0.1) is 11.3 Å². The molecule has 0 radical (unpaired) electrons. The van der Waals surface area contributed by atoms with Crippen LogP contribution in [0.2, 0.25) is 0 Å². The van der Waals surface area contributed by atoms with Crippen molar-refractivity contribution < 1.29 is 14.7 Å². The Morgan fingerprint density at radius 2 is 1.71 bits per heavy atom. The Balaban J connectivity index is 0.00000100. The summed E-state index contributed by atoms with van der Waals surface area (Å²) in [7, 11) is 0. The van der Waals surface area contributed by atoms with Crippen LogP contribution in [0.3, 0.4) is 0 Å². The molecule has 0 fully saturated rings. The van der Waals surface area contributed by atoms with E-state index in [1.54, 1.807) is 24.3 Å². The number of fused-ring (bicyclic) bond motifs is 1. The van der Waals surface area contributed by atoms with Crippen molar-refractivity contribution in [2.75, 3.05) is 5.32 Å². The molecular formula is C19H23NO3S. The van der Waals surface area contributed by atoms with E-state index in [1.165, 1.54) is 11.3 Å². The molecule has 2 aromatic rings. The number of carbonyl (C=O) groups is 2. The van der Waals surface area contributed by atoms with Crippen molar-refractivity contribution in [2.24, 2.45) is 0 Å². The van der Waals surface area contributed by atoms with Gasteiger partial charge in [0.2, 0.25) is 0 Å². The van der Waals surface area contributed by atoms with Gasteiger partial charge in [-0.3, -0.25) is 4.79 Å². The van der Waals surface area contributed by atoms with Gasteiger partial charge >= 0.3 is 5.97 Å². The third kappa shape index (κ3) is 4.03. The zero-order chi connectivity index (χ0) is 17.5. The molecule has 128 valence electrons. The number of nitrogens with one attached hydrogen (secondary N) is 1. The normalized spacial score (nSPS) is 13.1. The number of aromatic carboxylic acids is 1. The lowest BCUT2D eigenvalue weighted by molar-refractivity contribution is 0.0697. The minimum absolute atomic E-state index is 0.264. The van der Waals surface area contributed by atoms with Crippen LogP contribution in [-0.2, 0) is 12.8 Å². The number of aryl methyl sites for hydroxylation is 1. The summed E-state index contributed by atoms with van der Waals surface area (Å²) >= 11 is 1.41. The van der Waals surface area contributed by atoms with Gasteiger partial charge in [0, 0.05) is 10.4 Å². The largest absolute Gasteiger partial charge is 0.478 e. The average Bonchev–Trinajstić information content (AvgIpc) is 2.78. The molecule has 3 rings (SSSR count). The van der Waals surface area contributed by atoms with E-state index in [1.807, 2.05) is 19.9 Å². The second-order valence-electron chi connectivity index (χ2n) is 5.39. The number of thiophene rings is 1. The molecule has 0 saturated heterocycles. The van der Waals surface area contributed by atoms with Gasteiger partial charge < -0.3 is 10.4 Å². The smallest absolute Gasteiger partial charge is 0.339 e. The Kier molecular flexibility index (Phi) is 6.55. The van der Waals surface area contributed by atoms with Crippen molar-refractivity contribution in [3.05, 3.63) is 51.9 Å². The number of carboxylic acid groups (broad SMARTS) is 1. The standard InChI is InChI=1S/C17H17NO3S.C2H6/c19-15(11-7-3-1-4-8-11)18-16-14(17(20)21)12-9-5-2-6-10-13(12)22-16;1-2/h1,3-4,7-8H,2,5-6,9-10H2,(H,18,19)(H,20,21);1-2H3. The number of anilines is 1. The highest BCUT2D eigenvalue weighted by atomic mass is 32.1. The summed E-state index contributed by atoms with van der Waals surface area (Å²) in [5.41, 5.74) is 1.73. The molecule has 0 unspecified atom stereocenters. The lowest BCUT2D eigenvalue weighted by atomic mass is 10.1. The number of benzene rings is 1. The predicted octanol–water partition coefficient (Wildman–Crippen LogP) is 4.99. The number of carboxylic acids is 1. The fourth-order valence-electron chi connectivity index (χ4n) is 2.82. The van der Waals surface area contributed by atoms with Gasteiger partial charge in [0.1, 0.15) is 5.00 Å². The fourth-order valence-corrected chi connectivity index (χ4v) is 4.10. The molecule has 1 amide bonds. The van der Waals surface area contributed by atoms with Gasteiger partial charge in [0.05, 0.1) is 5.56 Å². The lowest BCUT2D eigenvalue weighted by Gasteiger charge is -2.05. The zero-order valence-electron chi connectivity index (χ0n) is 14.1. The van der Waals surface area contributed by atoms with Gasteiger partial charge in [-0.2, -0.15) is 0 Å². The molecule has 5 heteroatoms. The first-order valence-electron chi connectivity index (χ1n) is 8.41. The van der Waals surface area contributed by atoms with Crippen LogP contribution < -0.4 is 5.32 Å². The minimum atomic E-state index is -0.956. The maximum Gasteiger partial charge on any atom is 0.339 e. The van der Waals surface area contributed by atoms with Gasteiger partial charge in [-0.1, -0.05) is 38.5 Å². The summed E-state index contributed by atoms with van der Waals surface area (Å²) in [5, 5.41) is 12.8. The van der Waals surface area contributed by atoms with E-state index in [4.69, 9.17) is 0 Å². The van der Waals surface area contributed by atoms with Crippen molar-refractivity contribution >= 4 is 28.2 Å². The minimum Gasteiger partial charge on any atom is -0.478 e. The number of carbonyl (C=O) groups excluding carboxylic acids is 1. The first-order chi connectivity index (χ1) is 11.7. The highest BCUT2D eigenvalue weighted by molar-refractivity contribution is 7.17. The number of hydrogen-bond donors (Lipinski definition) is 2. The average molecular weight is 345 g/mol. The highest BCUT2D eigenvalue weighted by Gasteiger charge is 2.25. The topological polar surface area (TPSA) is 66.4 Å². The third-order valence-corrected chi connectivity index (χ3v) is 5.11. The summed E-state index contributed by atoms with van der Waals surface area (Å²) in [4.78, 5) is 25.0. The molecule has 4 nitrogen and oxygen atoms in total. The molecule has 1 heterocycles. The van der Waals surface area contributed by atoms with Crippen LogP contribution in [0.5, 0.6) is 0 Å². The van der Waals surface area contributed by atoms with Gasteiger partial charge in [-0.25, -0.2) is 4.79 Å². The SMILES string of the molecule is CC.O=C(Nc1sc2c(c1C(=O)O)CCCCC2)c1ccccc1. The Morgan fingerprint density at radius 1 is 1.04 bits per heavy atom. The van der Waals surface area contributed by atoms with Crippen LogP contribution in [0.1, 0.15) is 64.3 Å². The molecule has 0 spiro atoms. The quantitative estimate of drug-likeness (QED) is 0.770. The Morgan fingerprint density at radius 3 is 2.38 bits per heavy atom. The summed E-state index contributed by atoms with van der Waals surface area (Å²) in [6.45, 7) is 4.00. The van der Waals surface area contributed by atoms with Crippen LogP contribution in [0.25, 0.3) is 0 Å². The zero-order valence-corrected chi connectivity index (χ0v) is 14.9. The molecule has 1 aromatic carbocycles. The maximum absolute atomic E-state index is 12.3. The predicted molar refractivity (Wildman–Crippen MR) is 98.3 cm³/mol. The van der Waals surface area contributed by atoms with E-state index >= 15 is 0 Å². The fraction of sp³-hybridized carbons (Fsp3) is 0.368. The molecule has 0 saturated carbocycles. The van der Waals surface area contributed by atoms with Crippen molar-refractivity contribution in [1.29, 1.82) is 0 Å². The number of rotatable bonds is 3. The molecular weight excluding hydrogens is 322 g/mol. The second-order valence-corrected chi connectivity index (χ2v) is 6.50. The lowest BCUT2D eigenvalue weighted by Crippen LogP contribution is -2.13. The van der Waals surface area contributed by atoms with Crippen molar-refractivity contribution in [3.8, 4) is 0 Å². The molecule has 2 N–H and O–H groups in total. The first-order valence-corrected chi connectivity index (χ1v) is 9.22. The van der Waals surface area contributed by atoms with Crippen LogP contribution in [-0.4, -0.2) is 17.0 Å². The van der Waals surface area contributed by atoms with E-state index in [0.29, 0.717) is 10.6 Å². The maximum atomic E-state index is 12.3. The number of amides is 1. The Labute approximate surface area is 146 Å². The van der Waals surface area contributed by atoms with Crippen LogP contribution in [0.15, 0.2) is 30.3 Å². The summed E-state index contributed by atoms with van der Waals surface area (Å²) in [6, 6.07) is 8.85. The molecule has 1 aromatic heterocycles. The second kappa shape index (κ2) is 8.64.